The SMILES string of the molecule is Nc1ccc(C=Cc2ccc([N+](=O)[O-])cc2S(=O)(=O)[O-])c(S(=O)(=O)[O-])c1.[Na+].[Na+]. The monoisotopic (exact) mass is 444 g/mol. The third-order valence-corrected chi connectivity index (χ3v) is 5.01. The summed E-state index contributed by atoms with van der Waals surface area (Å²) >= 11 is 0. The number of nitrogens with two attached hydrogens (primary N) is 1. The topological polar surface area (TPSA) is 184 Å². The van der Waals surface area contributed by atoms with Crippen molar-refractivity contribution in [1.82, 2.24) is 0 Å². The Bertz CT molecular complexity index is 1130. The Hall–Kier alpha value is -0.800. The average molecular weight is 444 g/mol. The Kier molecular flexibility index (Phi) is 10.0. The van der Waals surface area contributed by atoms with Gasteiger partial charge in [-0.05, 0) is 29.3 Å². The molecular formula is C14H10N2Na2O8S2. The third kappa shape index (κ3) is 6.91. The van der Waals surface area contributed by atoms with Crippen molar-refractivity contribution in [2.24, 2.45) is 0 Å². The first-order valence-electron chi connectivity index (χ1n) is 6.67. The van der Waals surface area contributed by atoms with Crippen LogP contribution in [0.15, 0.2) is 46.2 Å². The number of rotatable bonds is 5. The van der Waals surface area contributed by atoms with Gasteiger partial charge in [0.2, 0.25) is 0 Å². The molecule has 28 heavy (non-hydrogen) atoms. The summed E-state index contributed by atoms with van der Waals surface area (Å²) in [6.07, 6.45) is 2.13. The molecule has 2 N–H and O–H groups in total. The molecule has 0 aliphatic carbocycles. The van der Waals surface area contributed by atoms with Crippen molar-refractivity contribution in [3.63, 3.8) is 0 Å². The van der Waals surface area contributed by atoms with E-state index in [4.69, 9.17) is 5.73 Å². The van der Waals surface area contributed by atoms with Gasteiger partial charge in [0, 0.05) is 17.8 Å². The molecule has 138 valence electrons. The van der Waals surface area contributed by atoms with Gasteiger partial charge in [-0.2, -0.15) is 0 Å². The van der Waals surface area contributed by atoms with E-state index in [0.717, 1.165) is 30.4 Å². The van der Waals surface area contributed by atoms with Gasteiger partial charge in [-0.25, -0.2) is 16.8 Å². The van der Waals surface area contributed by atoms with E-state index in [0.29, 0.717) is 6.07 Å². The molecule has 0 amide bonds. The Morgan fingerprint density at radius 3 is 1.68 bits per heavy atom. The third-order valence-electron chi connectivity index (χ3n) is 3.23. The molecule has 0 aromatic heterocycles. The van der Waals surface area contributed by atoms with E-state index in [-0.39, 0.29) is 75.9 Å². The molecule has 0 aliphatic heterocycles. The number of anilines is 1. The molecule has 0 bridgehead atoms. The van der Waals surface area contributed by atoms with E-state index in [1.54, 1.807) is 0 Å². The van der Waals surface area contributed by atoms with Crippen LogP contribution >= 0.6 is 0 Å². The first-order valence-corrected chi connectivity index (χ1v) is 9.49. The van der Waals surface area contributed by atoms with E-state index in [2.05, 4.69) is 0 Å². The van der Waals surface area contributed by atoms with E-state index in [1.165, 1.54) is 12.1 Å². The number of nitrogen functional groups attached to an aromatic ring is 1. The number of nitro groups is 1. The summed E-state index contributed by atoms with van der Waals surface area (Å²) in [5, 5.41) is 10.7. The van der Waals surface area contributed by atoms with Crippen LogP contribution in [0.1, 0.15) is 11.1 Å². The molecule has 2 aromatic rings. The summed E-state index contributed by atoms with van der Waals surface area (Å²) in [4.78, 5) is 8.37. The zero-order valence-electron chi connectivity index (χ0n) is 14.7. The first-order chi connectivity index (χ1) is 11.9. The summed E-state index contributed by atoms with van der Waals surface area (Å²) in [5.41, 5.74) is 4.56. The van der Waals surface area contributed by atoms with Crippen LogP contribution < -0.4 is 64.8 Å². The van der Waals surface area contributed by atoms with Gasteiger partial charge in [-0.3, -0.25) is 10.1 Å². The van der Waals surface area contributed by atoms with Crippen molar-refractivity contribution < 1.29 is 90.0 Å². The normalized spacial score (nSPS) is 11.5. The second-order valence-corrected chi connectivity index (χ2v) is 7.71. The van der Waals surface area contributed by atoms with E-state index in [9.17, 15) is 36.1 Å². The number of nitrogens with zero attached hydrogens (tertiary/aromatic N) is 1. The molecule has 0 unspecified atom stereocenters. The maximum absolute atomic E-state index is 11.3. The molecule has 14 heteroatoms. The van der Waals surface area contributed by atoms with Gasteiger partial charge in [0.05, 0.1) is 14.7 Å². The van der Waals surface area contributed by atoms with Crippen LogP contribution in [0.25, 0.3) is 12.2 Å². The Balaban J connectivity index is 0.00000364. The second kappa shape index (κ2) is 10.3. The van der Waals surface area contributed by atoms with Crippen molar-refractivity contribution in [1.29, 1.82) is 0 Å². The van der Waals surface area contributed by atoms with Crippen LogP contribution in [-0.4, -0.2) is 30.9 Å². The molecule has 10 nitrogen and oxygen atoms in total. The molecule has 2 aromatic carbocycles. The maximum Gasteiger partial charge on any atom is 1.00 e. The average Bonchev–Trinajstić information content (AvgIpc) is 2.51. The van der Waals surface area contributed by atoms with Gasteiger partial charge in [-0.1, -0.05) is 18.2 Å². The van der Waals surface area contributed by atoms with Crippen molar-refractivity contribution >= 4 is 43.8 Å². The zero-order valence-corrected chi connectivity index (χ0v) is 20.4. The Morgan fingerprint density at radius 2 is 1.25 bits per heavy atom. The molecule has 0 heterocycles. The predicted molar refractivity (Wildman–Crippen MR) is 88.8 cm³/mol. The van der Waals surface area contributed by atoms with Crippen LogP contribution in [0.4, 0.5) is 11.4 Å². The molecule has 0 saturated carbocycles. The van der Waals surface area contributed by atoms with E-state index >= 15 is 0 Å². The zero-order chi connectivity index (χ0) is 19.7. The largest absolute Gasteiger partial charge is 1.00 e. The van der Waals surface area contributed by atoms with Gasteiger partial charge in [-0.15, -0.1) is 0 Å². The summed E-state index contributed by atoms with van der Waals surface area (Å²) < 4.78 is 67.9. The molecular weight excluding hydrogens is 434 g/mol. The Morgan fingerprint density at radius 1 is 0.821 bits per heavy atom. The summed E-state index contributed by atoms with van der Waals surface area (Å²) in [6.45, 7) is 0. The first kappa shape index (κ1) is 27.2. The van der Waals surface area contributed by atoms with Crippen molar-refractivity contribution in [2.75, 3.05) is 5.73 Å². The minimum Gasteiger partial charge on any atom is -0.744 e. The van der Waals surface area contributed by atoms with E-state index < -0.39 is 40.6 Å². The van der Waals surface area contributed by atoms with Crippen LogP contribution in [0.5, 0.6) is 0 Å². The molecule has 0 atom stereocenters. The summed E-state index contributed by atoms with van der Waals surface area (Å²) in [5.74, 6) is 0. The van der Waals surface area contributed by atoms with Crippen LogP contribution in [0.2, 0.25) is 0 Å². The predicted octanol–water partition coefficient (Wildman–Crippen LogP) is -4.84. The minimum atomic E-state index is -5.04. The smallest absolute Gasteiger partial charge is 0.744 e. The quantitative estimate of drug-likeness (QED) is 0.118. The molecule has 2 rings (SSSR count). The van der Waals surface area contributed by atoms with Gasteiger partial charge in [0.15, 0.2) is 0 Å². The fraction of sp³-hybridized carbons (Fsp3) is 0. The molecule has 0 spiro atoms. The summed E-state index contributed by atoms with van der Waals surface area (Å²) in [6, 6.07) is 6.05. The summed E-state index contributed by atoms with van der Waals surface area (Å²) in [7, 11) is -9.91. The fourth-order valence-electron chi connectivity index (χ4n) is 2.08. The van der Waals surface area contributed by atoms with Crippen molar-refractivity contribution in [3.8, 4) is 0 Å². The van der Waals surface area contributed by atoms with Gasteiger partial charge < -0.3 is 14.8 Å². The second-order valence-electron chi connectivity index (χ2n) is 5.02. The number of hydrogen-bond donors (Lipinski definition) is 1. The number of nitro benzene ring substituents is 1. The molecule has 0 radical (unpaired) electrons. The van der Waals surface area contributed by atoms with Crippen molar-refractivity contribution in [3.05, 3.63) is 57.6 Å². The van der Waals surface area contributed by atoms with Crippen LogP contribution in [-0.2, 0) is 20.2 Å². The fourth-order valence-corrected chi connectivity index (χ4v) is 3.47. The Labute approximate surface area is 205 Å². The molecule has 0 saturated heterocycles. The van der Waals surface area contributed by atoms with Gasteiger partial charge >= 0.3 is 59.1 Å². The van der Waals surface area contributed by atoms with Crippen LogP contribution in [0, 0.1) is 10.1 Å². The number of hydrogen-bond acceptors (Lipinski definition) is 9. The standard InChI is InChI=1S/C14H12N2O8S2.2Na/c15-11-5-3-9(13(7-11)25(19,20)21)1-2-10-4-6-12(16(17)18)8-14(10)26(22,23)24;;/h1-8H,15H2,(H,19,20,21)(H,22,23,24);;/q;2*+1/p-2. The molecule has 0 fully saturated rings. The minimum absolute atomic E-state index is 0. The maximum atomic E-state index is 11.3. The van der Waals surface area contributed by atoms with Crippen LogP contribution in [0.3, 0.4) is 0 Å². The van der Waals surface area contributed by atoms with Crippen molar-refractivity contribution in [2.45, 2.75) is 9.79 Å². The van der Waals surface area contributed by atoms with Gasteiger partial charge in [0.25, 0.3) is 5.69 Å². The number of benzene rings is 2. The number of non-ortho nitro benzene ring substituents is 1. The molecule has 0 aliphatic rings. The van der Waals surface area contributed by atoms with E-state index in [1.807, 2.05) is 0 Å². The van der Waals surface area contributed by atoms with Gasteiger partial charge in [0.1, 0.15) is 20.2 Å².